The fraction of sp³-hybridized carbons (Fsp3) is 0.400. The normalized spacial score (nSPS) is 17.3. The summed E-state index contributed by atoms with van der Waals surface area (Å²) >= 11 is 0. The van der Waals surface area contributed by atoms with Crippen LogP contribution in [0.5, 0.6) is 5.75 Å². The van der Waals surface area contributed by atoms with Gasteiger partial charge in [0.05, 0.1) is 12.2 Å². The number of aryl methyl sites for hydroxylation is 1. The molecule has 0 aliphatic carbocycles. The van der Waals surface area contributed by atoms with Crippen LogP contribution >= 0.6 is 0 Å². The second-order valence-electron chi connectivity index (χ2n) is 5.09. The maximum absolute atomic E-state index is 5.99. The van der Waals surface area contributed by atoms with Crippen molar-refractivity contribution in [3.05, 3.63) is 47.3 Å². The Bertz CT molecular complexity index is 577. The van der Waals surface area contributed by atoms with Crippen LogP contribution in [0.1, 0.15) is 16.8 Å². The predicted molar refractivity (Wildman–Crippen MR) is 74.3 cm³/mol. The van der Waals surface area contributed by atoms with Crippen LogP contribution in [0, 0.1) is 6.92 Å². The van der Waals surface area contributed by atoms with Gasteiger partial charge in [0.1, 0.15) is 11.9 Å². The number of hydrogen-bond acceptors (Lipinski definition) is 3. The summed E-state index contributed by atoms with van der Waals surface area (Å²) in [4.78, 5) is 0. The summed E-state index contributed by atoms with van der Waals surface area (Å²) in [5, 5.41) is 7.53. The van der Waals surface area contributed by atoms with Crippen molar-refractivity contribution in [3.63, 3.8) is 0 Å². The molecule has 3 rings (SSSR count). The molecule has 2 heterocycles. The van der Waals surface area contributed by atoms with E-state index < -0.39 is 0 Å². The number of nitrogens with one attached hydrogen (secondary N) is 1. The molecule has 1 aromatic heterocycles. The molecule has 100 valence electrons. The van der Waals surface area contributed by atoms with Crippen LogP contribution in [-0.4, -0.2) is 22.9 Å². The first-order valence-electron chi connectivity index (χ1n) is 6.68. The molecular weight excluding hydrogens is 238 g/mol. The molecule has 0 saturated carbocycles. The molecular formula is C15H19N3O. The van der Waals surface area contributed by atoms with Crippen molar-refractivity contribution in [2.75, 3.05) is 7.05 Å². The topological polar surface area (TPSA) is 39.1 Å². The molecule has 1 aromatic carbocycles. The van der Waals surface area contributed by atoms with Gasteiger partial charge in [0.2, 0.25) is 0 Å². The first-order chi connectivity index (χ1) is 9.26. The first-order valence-corrected chi connectivity index (χ1v) is 6.68. The van der Waals surface area contributed by atoms with Gasteiger partial charge in [0.15, 0.2) is 0 Å². The van der Waals surface area contributed by atoms with Crippen molar-refractivity contribution >= 4 is 0 Å². The maximum atomic E-state index is 5.99. The van der Waals surface area contributed by atoms with E-state index in [1.807, 2.05) is 24.0 Å². The lowest BCUT2D eigenvalue weighted by Crippen LogP contribution is -2.24. The largest absolute Gasteiger partial charge is 0.488 e. The van der Waals surface area contributed by atoms with Crippen LogP contribution in [0.2, 0.25) is 0 Å². The lowest BCUT2D eigenvalue weighted by Gasteiger charge is -2.13. The van der Waals surface area contributed by atoms with E-state index in [4.69, 9.17) is 4.74 Å². The molecule has 4 nitrogen and oxygen atoms in total. The summed E-state index contributed by atoms with van der Waals surface area (Å²) < 4.78 is 8.01. The quantitative estimate of drug-likeness (QED) is 0.909. The minimum atomic E-state index is 0.187. The molecule has 0 fully saturated rings. The third kappa shape index (κ3) is 2.49. The molecule has 1 unspecified atom stereocenters. The maximum Gasteiger partial charge on any atom is 0.123 e. The minimum absolute atomic E-state index is 0.187. The Hall–Kier alpha value is -1.81. The van der Waals surface area contributed by atoms with E-state index in [-0.39, 0.29) is 6.10 Å². The highest BCUT2D eigenvalue weighted by Gasteiger charge is 2.23. The monoisotopic (exact) mass is 257 g/mol. The number of nitrogens with zero attached hydrogens (tertiary/aromatic N) is 2. The van der Waals surface area contributed by atoms with Gasteiger partial charge in [0.25, 0.3) is 0 Å². The Balaban J connectivity index is 1.71. The summed E-state index contributed by atoms with van der Waals surface area (Å²) in [5.41, 5.74) is 3.79. The van der Waals surface area contributed by atoms with Gasteiger partial charge >= 0.3 is 0 Å². The minimum Gasteiger partial charge on any atom is -0.488 e. The van der Waals surface area contributed by atoms with Crippen molar-refractivity contribution in [2.45, 2.75) is 32.5 Å². The number of fused-ring (bicyclic) bond motifs is 1. The zero-order valence-corrected chi connectivity index (χ0v) is 11.4. The highest BCUT2D eigenvalue weighted by atomic mass is 16.5. The standard InChI is InChI=1S/C15H19N3O/c1-11-3-4-15-12(7-11)8-14(19-15)10-18-13(9-16-2)5-6-17-18/h3-7,14,16H,8-10H2,1-2H3. The zero-order valence-electron chi connectivity index (χ0n) is 11.4. The number of benzene rings is 1. The van der Waals surface area contributed by atoms with Crippen molar-refractivity contribution in [1.29, 1.82) is 0 Å². The van der Waals surface area contributed by atoms with E-state index in [1.54, 1.807) is 0 Å². The summed E-state index contributed by atoms with van der Waals surface area (Å²) in [5.74, 6) is 1.03. The Morgan fingerprint density at radius 2 is 2.32 bits per heavy atom. The highest BCUT2D eigenvalue weighted by Crippen LogP contribution is 2.30. The fourth-order valence-electron chi connectivity index (χ4n) is 2.60. The molecule has 0 amide bonds. The van der Waals surface area contributed by atoms with Gasteiger partial charge in [-0.3, -0.25) is 4.68 Å². The van der Waals surface area contributed by atoms with Crippen molar-refractivity contribution in [1.82, 2.24) is 15.1 Å². The summed E-state index contributed by atoms with van der Waals surface area (Å²) in [6.45, 7) is 3.75. The van der Waals surface area contributed by atoms with Gasteiger partial charge in [-0.2, -0.15) is 5.10 Å². The molecule has 1 aliphatic heterocycles. The van der Waals surface area contributed by atoms with E-state index in [0.717, 1.165) is 25.3 Å². The summed E-state index contributed by atoms with van der Waals surface area (Å²) in [6, 6.07) is 8.43. The Labute approximate surface area is 113 Å². The van der Waals surface area contributed by atoms with Crippen LogP contribution in [0.4, 0.5) is 0 Å². The van der Waals surface area contributed by atoms with Crippen LogP contribution in [-0.2, 0) is 19.5 Å². The van der Waals surface area contributed by atoms with Gasteiger partial charge in [-0.05, 0) is 31.7 Å². The predicted octanol–water partition coefficient (Wildman–Crippen LogP) is 1.91. The zero-order chi connectivity index (χ0) is 13.2. The smallest absolute Gasteiger partial charge is 0.123 e. The molecule has 0 bridgehead atoms. The Morgan fingerprint density at radius 1 is 1.42 bits per heavy atom. The number of rotatable bonds is 4. The number of aromatic nitrogens is 2. The molecule has 4 heteroatoms. The molecule has 2 aromatic rings. The summed E-state index contributed by atoms with van der Waals surface area (Å²) in [6.07, 6.45) is 3.00. The second-order valence-corrected chi connectivity index (χ2v) is 5.09. The van der Waals surface area contributed by atoms with Crippen molar-refractivity contribution in [3.8, 4) is 5.75 Å². The molecule has 0 saturated heterocycles. The molecule has 0 radical (unpaired) electrons. The third-order valence-electron chi connectivity index (χ3n) is 3.50. The Morgan fingerprint density at radius 3 is 3.16 bits per heavy atom. The third-order valence-corrected chi connectivity index (χ3v) is 3.50. The first kappa shape index (κ1) is 12.2. The van der Waals surface area contributed by atoms with E-state index in [0.29, 0.717) is 0 Å². The van der Waals surface area contributed by atoms with Crippen LogP contribution in [0.25, 0.3) is 0 Å². The molecule has 0 spiro atoms. The lowest BCUT2D eigenvalue weighted by atomic mass is 10.1. The Kier molecular flexibility index (Phi) is 3.25. The van der Waals surface area contributed by atoms with Crippen LogP contribution in [0.15, 0.2) is 30.5 Å². The van der Waals surface area contributed by atoms with Gasteiger partial charge in [-0.25, -0.2) is 0 Å². The van der Waals surface area contributed by atoms with E-state index >= 15 is 0 Å². The van der Waals surface area contributed by atoms with E-state index in [1.165, 1.54) is 16.8 Å². The average molecular weight is 257 g/mol. The molecule has 19 heavy (non-hydrogen) atoms. The van der Waals surface area contributed by atoms with Crippen LogP contribution < -0.4 is 10.1 Å². The summed E-state index contributed by atoms with van der Waals surface area (Å²) in [7, 11) is 1.95. The SMILES string of the molecule is CNCc1ccnn1CC1Cc2cc(C)ccc2O1. The van der Waals surface area contributed by atoms with Gasteiger partial charge in [0, 0.05) is 19.2 Å². The highest BCUT2D eigenvalue weighted by molar-refractivity contribution is 5.40. The van der Waals surface area contributed by atoms with Gasteiger partial charge in [-0.15, -0.1) is 0 Å². The fourth-order valence-corrected chi connectivity index (χ4v) is 2.60. The lowest BCUT2D eigenvalue weighted by molar-refractivity contribution is 0.201. The second kappa shape index (κ2) is 5.05. The molecule has 1 atom stereocenters. The van der Waals surface area contributed by atoms with Gasteiger partial charge in [-0.1, -0.05) is 17.7 Å². The van der Waals surface area contributed by atoms with Crippen molar-refractivity contribution in [2.24, 2.45) is 0 Å². The van der Waals surface area contributed by atoms with Gasteiger partial charge < -0.3 is 10.1 Å². The van der Waals surface area contributed by atoms with E-state index in [2.05, 4.69) is 35.5 Å². The van der Waals surface area contributed by atoms with Crippen LogP contribution in [0.3, 0.4) is 0 Å². The average Bonchev–Trinajstić information content (AvgIpc) is 2.97. The van der Waals surface area contributed by atoms with Crippen molar-refractivity contribution < 1.29 is 4.74 Å². The molecule has 1 N–H and O–H groups in total. The van der Waals surface area contributed by atoms with E-state index in [9.17, 15) is 0 Å². The number of hydrogen-bond donors (Lipinski definition) is 1. The number of ether oxygens (including phenoxy) is 1. The molecule has 1 aliphatic rings.